The van der Waals surface area contributed by atoms with Crippen LogP contribution in [0, 0.1) is 6.92 Å². The molecule has 0 amide bonds. The van der Waals surface area contributed by atoms with Crippen molar-refractivity contribution >= 4 is 22.5 Å². The molecule has 1 N–H and O–H groups in total. The number of hydrogen-bond acceptors (Lipinski definition) is 2. The topological polar surface area (TPSA) is 20.2 Å². The lowest BCUT2D eigenvalue weighted by Crippen LogP contribution is -2.01. The minimum Gasteiger partial charge on any atom is -0.388 e. The zero-order chi connectivity index (χ0) is 14.7. The van der Waals surface area contributed by atoms with Gasteiger partial charge in [-0.15, -0.1) is 11.8 Å². The molecule has 3 aromatic carbocycles. The Labute approximate surface area is 129 Å². The van der Waals surface area contributed by atoms with Crippen molar-refractivity contribution in [1.29, 1.82) is 0 Å². The van der Waals surface area contributed by atoms with Crippen LogP contribution in [0.4, 0.5) is 0 Å². The number of aliphatic hydroxyl groups is 1. The molecule has 0 fully saturated rings. The third-order valence-electron chi connectivity index (χ3n) is 3.61. The Bertz CT molecular complexity index is 729. The van der Waals surface area contributed by atoms with Gasteiger partial charge in [0.1, 0.15) is 0 Å². The van der Waals surface area contributed by atoms with Crippen molar-refractivity contribution in [3.8, 4) is 0 Å². The van der Waals surface area contributed by atoms with E-state index in [0.717, 1.165) is 10.9 Å². The summed E-state index contributed by atoms with van der Waals surface area (Å²) in [6, 6.07) is 22.7. The van der Waals surface area contributed by atoms with Crippen LogP contribution in [0.2, 0.25) is 0 Å². The molecule has 0 aliphatic heterocycles. The van der Waals surface area contributed by atoms with Gasteiger partial charge in [0.25, 0.3) is 0 Å². The highest BCUT2D eigenvalue weighted by Gasteiger charge is 2.11. The van der Waals surface area contributed by atoms with E-state index in [1.807, 2.05) is 24.3 Å². The highest BCUT2D eigenvalue weighted by molar-refractivity contribution is 7.99. The van der Waals surface area contributed by atoms with Crippen molar-refractivity contribution in [2.45, 2.75) is 17.9 Å². The number of aryl methyl sites for hydroxylation is 1. The molecule has 1 atom stereocenters. The molecule has 0 heterocycles. The van der Waals surface area contributed by atoms with Crippen LogP contribution in [0.1, 0.15) is 17.2 Å². The molecule has 0 bridgehead atoms. The first kappa shape index (κ1) is 14.2. The maximum absolute atomic E-state index is 10.5. The molecule has 0 aliphatic carbocycles. The Hall–Kier alpha value is -1.77. The predicted molar refractivity (Wildman–Crippen MR) is 90.8 cm³/mol. The van der Waals surface area contributed by atoms with Crippen LogP contribution in [-0.2, 0) is 0 Å². The van der Waals surface area contributed by atoms with Crippen molar-refractivity contribution in [2.24, 2.45) is 0 Å². The SMILES string of the molecule is Cc1ccc(SCC(O)c2cccc3ccccc23)cc1. The number of fused-ring (bicyclic) bond motifs is 1. The minimum absolute atomic E-state index is 0.456. The van der Waals surface area contributed by atoms with E-state index in [4.69, 9.17) is 0 Å². The van der Waals surface area contributed by atoms with E-state index in [0.29, 0.717) is 5.75 Å². The molecule has 21 heavy (non-hydrogen) atoms. The standard InChI is InChI=1S/C19H18OS/c1-14-9-11-16(12-10-14)21-13-19(20)18-8-4-6-15-5-2-3-7-17(15)18/h2-12,19-20H,13H2,1H3. The van der Waals surface area contributed by atoms with Crippen LogP contribution < -0.4 is 0 Å². The molecule has 0 spiro atoms. The number of aliphatic hydroxyl groups excluding tert-OH is 1. The van der Waals surface area contributed by atoms with E-state index < -0.39 is 6.10 Å². The van der Waals surface area contributed by atoms with Gasteiger partial charge >= 0.3 is 0 Å². The molecule has 0 radical (unpaired) electrons. The summed E-state index contributed by atoms with van der Waals surface area (Å²) in [5.41, 5.74) is 2.27. The Morgan fingerprint density at radius 2 is 1.62 bits per heavy atom. The second-order valence-electron chi connectivity index (χ2n) is 5.21. The first-order chi connectivity index (χ1) is 10.2. The zero-order valence-electron chi connectivity index (χ0n) is 12.0. The van der Waals surface area contributed by atoms with Crippen molar-refractivity contribution in [3.63, 3.8) is 0 Å². The van der Waals surface area contributed by atoms with Crippen molar-refractivity contribution in [3.05, 3.63) is 77.9 Å². The molecule has 3 rings (SSSR count). The predicted octanol–water partition coefficient (Wildman–Crippen LogP) is 4.97. The van der Waals surface area contributed by atoms with Gasteiger partial charge in [-0.2, -0.15) is 0 Å². The molecule has 0 aliphatic rings. The minimum atomic E-state index is -0.456. The summed E-state index contributed by atoms with van der Waals surface area (Å²) < 4.78 is 0. The molecule has 1 nitrogen and oxygen atoms in total. The average molecular weight is 294 g/mol. The Kier molecular flexibility index (Phi) is 4.28. The molecule has 0 saturated carbocycles. The molecule has 3 aromatic rings. The molecular formula is C19H18OS. The van der Waals surface area contributed by atoms with Gasteiger partial charge in [0.15, 0.2) is 0 Å². The number of rotatable bonds is 4. The van der Waals surface area contributed by atoms with Crippen LogP contribution >= 0.6 is 11.8 Å². The quantitative estimate of drug-likeness (QED) is 0.685. The second kappa shape index (κ2) is 6.33. The summed E-state index contributed by atoms with van der Waals surface area (Å²) in [6.45, 7) is 2.08. The molecular weight excluding hydrogens is 276 g/mol. The maximum atomic E-state index is 10.5. The van der Waals surface area contributed by atoms with Crippen molar-refractivity contribution in [1.82, 2.24) is 0 Å². The fraction of sp³-hybridized carbons (Fsp3) is 0.158. The summed E-state index contributed by atoms with van der Waals surface area (Å²) in [4.78, 5) is 1.19. The van der Waals surface area contributed by atoms with E-state index in [9.17, 15) is 5.11 Å². The van der Waals surface area contributed by atoms with Gasteiger partial charge in [-0.05, 0) is 35.4 Å². The van der Waals surface area contributed by atoms with Gasteiger partial charge in [0.2, 0.25) is 0 Å². The third-order valence-corrected chi connectivity index (χ3v) is 4.70. The smallest absolute Gasteiger partial charge is 0.0889 e. The first-order valence-corrected chi connectivity index (χ1v) is 8.08. The summed E-state index contributed by atoms with van der Waals surface area (Å²) >= 11 is 1.69. The Balaban J connectivity index is 1.78. The molecule has 1 unspecified atom stereocenters. The largest absolute Gasteiger partial charge is 0.388 e. The molecule has 0 saturated heterocycles. The van der Waals surface area contributed by atoms with Crippen LogP contribution in [0.5, 0.6) is 0 Å². The van der Waals surface area contributed by atoms with Gasteiger partial charge in [-0.25, -0.2) is 0 Å². The van der Waals surface area contributed by atoms with Gasteiger partial charge in [-0.1, -0.05) is 60.2 Å². The van der Waals surface area contributed by atoms with E-state index in [1.165, 1.54) is 15.8 Å². The van der Waals surface area contributed by atoms with Crippen molar-refractivity contribution < 1.29 is 5.11 Å². The third kappa shape index (κ3) is 3.29. The van der Waals surface area contributed by atoms with Crippen LogP contribution in [0.3, 0.4) is 0 Å². The van der Waals surface area contributed by atoms with Crippen LogP contribution in [0.15, 0.2) is 71.6 Å². The first-order valence-electron chi connectivity index (χ1n) is 7.09. The molecule has 106 valence electrons. The summed E-state index contributed by atoms with van der Waals surface area (Å²) in [7, 11) is 0. The average Bonchev–Trinajstić information content (AvgIpc) is 2.53. The highest BCUT2D eigenvalue weighted by Crippen LogP contribution is 2.29. The number of benzene rings is 3. The summed E-state index contributed by atoms with van der Waals surface area (Å²) in [6.07, 6.45) is -0.456. The lowest BCUT2D eigenvalue weighted by atomic mass is 10.0. The van der Waals surface area contributed by atoms with Gasteiger partial charge in [0, 0.05) is 10.6 Å². The van der Waals surface area contributed by atoms with Crippen LogP contribution in [-0.4, -0.2) is 10.9 Å². The van der Waals surface area contributed by atoms with E-state index >= 15 is 0 Å². The van der Waals surface area contributed by atoms with E-state index in [1.54, 1.807) is 11.8 Å². The lowest BCUT2D eigenvalue weighted by Gasteiger charge is -2.13. The van der Waals surface area contributed by atoms with E-state index in [2.05, 4.69) is 49.4 Å². The second-order valence-corrected chi connectivity index (χ2v) is 6.30. The number of hydrogen-bond donors (Lipinski definition) is 1. The fourth-order valence-electron chi connectivity index (χ4n) is 2.44. The monoisotopic (exact) mass is 294 g/mol. The Morgan fingerprint density at radius 3 is 2.43 bits per heavy atom. The van der Waals surface area contributed by atoms with E-state index in [-0.39, 0.29) is 0 Å². The summed E-state index contributed by atoms with van der Waals surface area (Å²) in [5.74, 6) is 0.664. The van der Waals surface area contributed by atoms with Crippen LogP contribution in [0.25, 0.3) is 10.8 Å². The Morgan fingerprint density at radius 1 is 0.905 bits per heavy atom. The number of thioether (sulfide) groups is 1. The van der Waals surface area contributed by atoms with Crippen molar-refractivity contribution in [2.75, 3.05) is 5.75 Å². The molecule has 0 aromatic heterocycles. The summed E-state index contributed by atoms with van der Waals surface area (Å²) in [5, 5.41) is 12.8. The molecule has 2 heteroatoms. The fourth-order valence-corrected chi connectivity index (χ4v) is 3.30. The van der Waals surface area contributed by atoms with Gasteiger partial charge in [0.05, 0.1) is 6.10 Å². The maximum Gasteiger partial charge on any atom is 0.0889 e. The highest BCUT2D eigenvalue weighted by atomic mass is 32.2. The van der Waals surface area contributed by atoms with Gasteiger partial charge < -0.3 is 5.11 Å². The zero-order valence-corrected chi connectivity index (χ0v) is 12.8. The lowest BCUT2D eigenvalue weighted by molar-refractivity contribution is 0.205. The normalized spacial score (nSPS) is 12.5. The van der Waals surface area contributed by atoms with Gasteiger partial charge in [-0.3, -0.25) is 0 Å².